The van der Waals surface area contributed by atoms with Gasteiger partial charge in [-0.3, -0.25) is 4.79 Å². The van der Waals surface area contributed by atoms with E-state index < -0.39 is 0 Å². The summed E-state index contributed by atoms with van der Waals surface area (Å²) >= 11 is 0. The van der Waals surface area contributed by atoms with Crippen LogP contribution >= 0.6 is 0 Å². The lowest BCUT2D eigenvalue weighted by Gasteiger charge is -2.29. The highest BCUT2D eigenvalue weighted by Gasteiger charge is 2.38. The van der Waals surface area contributed by atoms with E-state index in [1.54, 1.807) is 0 Å². The van der Waals surface area contributed by atoms with E-state index in [4.69, 9.17) is 0 Å². The van der Waals surface area contributed by atoms with Gasteiger partial charge in [0.1, 0.15) is 0 Å². The lowest BCUT2D eigenvalue weighted by Crippen LogP contribution is -2.42. The molecule has 3 nitrogen and oxygen atoms in total. The number of fused-ring (bicyclic) bond motifs is 1. The number of nitrogens with one attached hydrogen (secondary N) is 1. The van der Waals surface area contributed by atoms with Crippen molar-refractivity contribution < 1.29 is 6.22 Å². The minimum absolute atomic E-state index is 0. The molecule has 0 spiro atoms. The zero-order valence-corrected chi connectivity index (χ0v) is 6.84. The van der Waals surface area contributed by atoms with E-state index >= 15 is 0 Å². The Morgan fingerprint density at radius 1 is 1.73 bits per heavy atom. The Hall–Kier alpha value is -0.570. The van der Waals surface area contributed by atoms with Gasteiger partial charge in [0.2, 0.25) is 5.91 Å². The largest absolute Gasteiger partial charge is 0.342 e. The molecule has 2 atom stereocenters. The lowest BCUT2D eigenvalue weighted by molar-refractivity contribution is -0.127. The van der Waals surface area contributed by atoms with Crippen LogP contribution in [0.1, 0.15) is 14.3 Å². The highest BCUT2D eigenvalue weighted by molar-refractivity contribution is 5.79. The highest BCUT2D eigenvalue weighted by Crippen LogP contribution is 2.27. The van der Waals surface area contributed by atoms with Crippen molar-refractivity contribution in [3.05, 3.63) is 0 Å². The molecule has 0 bridgehead atoms. The molecule has 0 aromatic carbocycles. The van der Waals surface area contributed by atoms with Gasteiger partial charge in [-0.15, -0.1) is 0 Å². The minimum Gasteiger partial charge on any atom is -0.342 e. The molecule has 2 fully saturated rings. The number of amides is 1. The lowest BCUT2D eigenvalue weighted by atomic mass is 9.94. The summed E-state index contributed by atoms with van der Waals surface area (Å²) in [5.74, 6) is 0.907. The maximum atomic E-state index is 11.2. The minimum atomic E-state index is 0. The molecule has 0 aliphatic carbocycles. The van der Waals surface area contributed by atoms with Crippen LogP contribution in [0.15, 0.2) is 0 Å². The summed E-state index contributed by atoms with van der Waals surface area (Å²) in [4.78, 5) is 13.2. The quantitative estimate of drug-likeness (QED) is 0.538. The Balaban J connectivity index is 0.000000720. The fourth-order valence-corrected chi connectivity index (χ4v) is 2.18. The number of hydrogen-bond acceptors (Lipinski definition) is 2. The third kappa shape index (κ3) is 1.03. The summed E-state index contributed by atoms with van der Waals surface area (Å²) in [6.45, 7) is 2.10. The van der Waals surface area contributed by atoms with Crippen molar-refractivity contribution in [3.63, 3.8) is 0 Å². The zero-order chi connectivity index (χ0) is 7.84. The first kappa shape index (κ1) is 7.10. The summed E-state index contributed by atoms with van der Waals surface area (Å²) in [5, 5.41) is 3.32. The van der Waals surface area contributed by atoms with E-state index in [-0.39, 0.29) is 1.43 Å². The fourth-order valence-electron chi connectivity index (χ4n) is 2.18. The molecule has 3 heteroatoms. The topological polar surface area (TPSA) is 32.3 Å². The average Bonchev–Trinajstić information content (AvgIpc) is 2.30. The Morgan fingerprint density at radius 3 is 3.27 bits per heavy atom. The molecule has 1 unspecified atom stereocenters. The predicted octanol–water partition coefficient (Wildman–Crippen LogP) is 0.0726. The van der Waals surface area contributed by atoms with Crippen LogP contribution < -0.4 is 5.32 Å². The van der Waals surface area contributed by atoms with Crippen molar-refractivity contribution in [1.29, 1.82) is 0 Å². The summed E-state index contributed by atoms with van der Waals surface area (Å²) in [5.41, 5.74) is 0. The van der Waals surface area contributed by atoms with Crippen molar-refractivity contribution in [2.24, 2.45) is 5.92 Å². The second-order valence-corrected chi connectivity index (χ2v) is 3.53. The molecule has 11 heavy (non-hydrogen) atoms. The number of rotatable bonds is 0. The van der Waals surface area contributed by atoms with Gasteiger partial charge in [-0.2, -0.15) is 0 Å². The predicted molar refractivity (Wildman–Crippen MR) is 44.3 cm³/mol. The van der Waals surface area contributed by atoms with Gasteiger partial charge in [0.15, 0.2) is 0 Å². The monoisotopic (exact) mass is 156 g/mol. The van der Waals surface area contributed by atoms with Gasteiger partial charge < -0.3 is 10.2 Å². The molecular weight excluding hydrogens is 140 g/mol. The van der Waals surface area contributed by atoms with Crippen molar-refractivity contribution >= 4 is 5.91 Å². The van der Waals surface area contributed by atoms with Gasteiger partial charge in [-0.1, -0.05) is 0 Å². The van der Waals surface area contributed by atoms with Crippen LogP contribution in [-0.4, -0.2) is 37.0 Å². The molecule has 0 radical (unpaired) electrons. The van der Waals surface area contributed by atoms with Crippen LogP contribution in [0.4, 0.5) is 0 Å². The molecule has 2 heterocycles. The number of piperidine rings is 1. The number of hydrogen-bond donors (Lipinski definition) is 1. The van der Waals surface area contributed by atoms with Gasteiger partial charge in [0.05, 0.1) is 0 Å². The van der Waals surface area contributed by atoms with Crippen LogP contribution in [0.5, 0.6) is 0 Å². The molecule has 0 aromatic heterocycles. The Labute approximate surface area is 68.2 Å². The second-order valence-electron chi connectivity index (χ2n) is 3.53. The van der Waals surface area contributed by atoms with Crippen molar-refractivity contribution in [2.75, 3.05) is 20.1 Å². The van der Waals surface area contributed by atoms with Gasteiger partial charge >= 0.3 is 0 Å². The van der Waals surface area contributed by atoms with Gasteiger partial charge in [0, 0.05) is 33.4 Å². The van der Waals surface area contributed by atoms with Gasteiger partial charge in [-0.05, 0) is 13.0 Å². The number of nitrogens with zero attached hydrogens (tertiary/aromatic N) is 1. The maximum absolute atomic E-state index is 11.2. The number of likely N-dealkylation sites (tertiary alicyclic amines) is 1. The first-order chi connectivity index (χ1) is 5.29. The normalized spacial score (nSPS) is 37.5. The van der Waals surface area contributed by atoms with Crippen molar-refractivity contribution in [3.8, 4) is 0 Å². The van der Waals surface area contributed by atoms with Crippen LogP contribution in [-0.2, 0) is 4.79 Å². The average molecular weight is 156 g/mol. The first-order valence-corrected chi connectivity index (χ1v) is 4.25. The third-order valence-corrected chi connectivity index (χ3v) is 2.90. The zero-order valence-electron chi connectivity index (χ0n) is 6.84. The molecule has 1 amide bonds. The van der Waals surface area contributed by atoms with E-state index in [1.807, 2.05) is 11.9 Å². The molecule has 64 valence electrons. The number of carbonyl (C=O) groups excluding carboxylic acids is 1. The van der Waals surface area contributed by atoms with E-state index in [2.05, 4.69) is 5.32 Å². The summed E-state index contributed by atoms with van der Waals surface area (Å²) < 4.78 is 0. The van der Waals surface area contributed by atoms with Crippen molar-refractivity contribution in [2.45, 2.75) is 18.9 Å². The van der Waals surface area contributed by atoms with Crippen LogP contribution in [0, 0.1) is 5.92 Å². The highest BCUT2D eigenvalue weighted by atomic mass is 16.2. The SMILES string of the molecule is CN1C(=O)C[C@@H]2CNCCC21.[HH]. The molecule has 2 aliphatic rings. The Bertz CT molecular complexity index is 186. The summed E-state index contributed by atoms with van der Waals surface area (Å²) in [7, 11) is 1.93. The van der Waals surface area contributed by atoms with Crippen LogP contribution in [0.25, 0.3) is 0 Å². The molecule has 0 saturated carbocycles. The van der Waals surface area contributed by atoms with Crippen LogP contribution in [0.3, 0.4) is 0 Å². The molecule has 2 aliphatic heterocycles. The molecule has 1 N–H and O–H groups in total. The Kier molecular flexibility index (Phi) is 1.60. The molecule has 0 aromatic rings. The molecule has 2 saturated heterocycles. The molecule has 2 rings (SSSR count). The fraction of sp³-hybridized carbons (Fsp3) is 0.875. The standard InChI is InChI=1S/C8H14N2O.H2/c1-10-7-2-3-9-5-6(7)4-8(10)11;/h6-7,9H,2-5H2,1H3;1H/t6-,7?;/m1./s1. The first-order valence-electron chi connectivity index (χ1n) is 4.25. The smallest absolute Gasteiger partial charge is 0.222 e. The van der Waals surface area contributed by atoms with E-state index in [0.717, 1.165) is 25.9 Å². The Morgan fingerprint density at radius 2 is 2.55 bits per heavy atom. The van der Waals surface area contributed by atoms with E-state index in [1.165, 1.54) is 0 Å². The van der Waals surface area contributed by atoms with Crippen LogP contribution in [0.2, 0.25) is 0 Å². The molecular formula is C8H16N2O. The summed E-state index contributed by atoms with van der Waals surface area (Å²) in [6, 6.07) is 0.531. The third-order valence-electron chi connectivity index (χ3n) is 2.90. The van der Waals surface area contributed by atoms with E-state index in [9.17, 15) is 4.79 Å². The maximum Gasteiger partial charge on any atom is 0.222 e. The van der Waals surface area contributed by atoms with Gasteiger partial charge in [0.25, 0.3) is 0 Å². The second kappa shape index (κ2) is 2.48. The van der Waals surface area contributed by atoms with E-state index in [0.29, 0.717) is 17.9 Å². The van der Waals surface area contributed by atoms with Gasteiger partial charge in [-0.25, -0.2) is 0 Å². The summed E-state index contributed by atoms with van der Waals surface area (Å²) in [6.07, 6.45) is 1.89. The number of carbonyl (C=O) groups is 1. The van der Waals surface area contributed by atoms with Crippen molar-refractivity contribution in [1.82, 2.24) is 10.2 Å².